The maximum Gasteiger partial charge on any atom is 0.200 e. The molecular formula is C14H13F5O6. The number of rotatable bonds is 2. The monoisotopic (exact) mass is 372 g/mol. The molecule has 1 unspecified atom stereocenters. The summed E-state index contributed by atoms with van der Waals surface area (Å²) in [5, 5.41) is 19.9. The fraction of sp³-hybridized carbons (Fsp3) is 0.571. The third-order valence-electron chi connectivity index (χ3n) is 4.05. The molecule has 0 radical (unpaired) electrons. The maximum atomic E-state index is 13.9. The van der Waals surface area contributed by atoms with Crippen molar-refractivity contribution in [1.82, 2.24) is 0 Å². The van der Waals surface area contributed by atoms with E-state index in [0.717, 1.165) is 0 Å². The molecule has 6 nitrogen and oxygen atoms in total. The first kappa shape index (κ1) is 18.4. The van der Waals surface area contributed by atoms with E-state index in [1.807, 2.05) is 0 Å². The Morgan fingerprint density at radius 1 is 0.880 bits per heavy atom. The minimum absolute atomic E-state index is 0.404. The lowest BCUT2D eigenvalue weighted by atomic mass is 9.98. The molecule has 0 bridgehead atoms. The van der Waals surface area contributed by atoms with Gasteiger partial charge in [0.25, 0.3) is 0 Å². The molecule has 1 aromatic carbocycles. The first-order valence-corrected chi connectivity index (χ1v) is 7.10. The van der Waals surface area contributed by atoms with Gasteiger partial charge in [-0.25, -0.2) is 22.0 Å². The lowest BCUT2D eigenvalue weighted by Gasteiger charge is -2.45. The second-order valence-electron chi connectivity index (χ2n) is 5.51. The summed E-state index contributed by atoms with van der Waals surface area (Å²) in [4.78, 5) is 0. The van der Waals surface area contributed by atoms with E-state index in [-0.39, 0.29) is 0 Å². The number of methoxy groups -OCH3 is 1. The Labute approximate surface area is 137 Å². The Hall–Kier alpha value is -1.37. The van der Waals surface area contributed by atoms with E-state index in [1.54, 1.807) is 0 Å². The minimum Gasteiger partial charge on any atom is -0.387 e. The molecule has 2 aliphatic heterocycles. The molecule has 6 atom stereocenters. The number of hydrogen-bond acceptors (Lipinski definition) is 6. The average molecular weight is 372 g/mol. The highest BCUT2D eigenvalue weighted by Gasteiger charge is 2.50. The molecule has 2 fully saturated rings. The number of benzene rings is 1. The molecule has 11 heteroatoms. The molecule has 2 heterocycles. The largest absolute Gasteiger partial charge is 0.387 e. The second-order valence-corrected chi connectivity index (χ2v) is 5.51. The Morgan fingerprint density at radius 2 is 1.44 bits per heavy atom. The van der Waals surface area contributed by atoms with Crippen LogP contribution in [0, 0.1) is 29.1 Å². The van der Waals surface area contributed by atoms with Crippen LogP contribution in [0.5, 0.6) is 0 Å². The normalized spacial score (nSPS) is 35.5. The summed E-state index contributed by atoms with van der Waals surface area (Å²) in [6.07, 6.45) is -8.67. The Morgan fingerprint density at radius 3 is 2.00 bits per heavy atom. The van der Waals surface area contributed by atoms with E-state index >= 15 is 0 Å². The van der Waals surface area contributed by atoms with E-state index in [9.17, 15) is 32.2 Å². The zero-order valence-corrected chi connectivity index (χ0v) is 12.6. The van der Waals surface area contributed by atoms with Crippen LogP contribution in [0.1, 0.15) is 11.9 Å². The van der Waals surface area contributed by atoms with Crippen LogP contribution < -0.4 is 0 Å². The standard InChI is InChI=1S/C14H13F5O6/c1-22-14-11(21)10(20)12-3(24-14)2-23-13(25-12)4-5(15)7(17)9(19)8(18)6(4)16/h3,10-14,20-21H,2H2,1H3/t3-,10-,11-,12-,13?,14-/m1/s1. The number of ether oxygens (including phenoxy) is 4. The van der Waals surface area contributed by atoms with Crippen LogP contribution in [0.3, 0.4) is 0 Å². The summed E-state index contributed by atoms with van der Waals surface area (Å²) in [5.41, 5.74) is -1.33. The molecule has 3 rings (SSSR count). The predicted octanol–water partition coefficient (Wildman–Crippen LogP) is 0.889. The van der Waals surface area contributed by atoms with Gasteiger partial charge in [0.05, 0.1) is 12.2 Å². The van der Waals surface area contributed by atoms with Crippen molar-refractivity contribution in [2.75, 3.05) is 13.7 Å². The third kappa shape index (κ3) is 2.90. The molecule has 0 aromatic heterocycles. The van der Waals surface area contributed by atoms with Crippen molar-refractivity contribution < 1.29 is 51.1 Å². The molecule has 0 spiro atoms. The van der Waals surface area contributed by atoms with Crippen molar-refractivity contribution in [2.24, 2.45) is 0 Å². The number of aliphatic hydroxyl groups excluding tert-OH is 2. The molecule has 2 aliphatic rings. The van der Waals surface area contributed by atoms with Crippen LogP contribution in [0.4, 0.5) is 22.0 Å². The van der Waals surface area contributed by atoms with Gasteiger partial charge < -0.3 is 29.2 Å². The van der Waals surface area contributed by atoms with Gasteiger partial charge in [0, 0.05) is 7.11 Å². The Bertz CT molecular complexity index is 643. The van der Waals surface area contributed by atoms with Crippen molar-refractivity contribution in [3.63, 3.8) is 0 Å². The zero-order chi connectivity index (χ0) is 18.5. The van der Waals surface area contributed by atoms with Crippen LogP contribution in [-0.4, -0.2) is 54.6 Å². The fourth-order valence-corrected chi connectivity index (χ4v) is 2.75. The average Bonchev–Trinajstić information content (AvgIpc) is 2.61. The van der Waals surface area contributed by atoms with Gasteiger partial charge >= 0.3 is 0 Å². The van der Waals surface area contributed by atoms with Crippen molar-refractivity contribution >= 4 is 0 Å². The van der Waals surface area contributed by atoms with Crippen molar-refractivity contribution in [3.8, 4) is 0 Å². The molecule has 140 valence electrons. The maximum absolute atomic E-state index is 13.9. The highest BCUT2D eigenvalue weighted by molar-refractivity contribution is 5.25. The van der Waals surface area contributed by atoms with Crippen LogP contribution >= 0.6 is 0 Å². The van der Waals surface area contributed by atoms with Crippen LogP contribution in [0.2, 0.25) is 0 Å². The van der Waals surface area contributed by atoms with Gasteiger partial charge in [-0.05, 0) is 0 Å². The summed E-state index contributed by atoms with van der Waals surface area (Å²) < 4.78 is 87.6. The highest BCUT2D eigenvalue weighted by Crippen LogP contribution is 2.37. The van der Waals surface area contributed by atoms with Gasteiger partial charge in [0.1, 0.15) is 24.4 Å². The van der Waals surface area contributed by atoms with Crippen molar-refractivity contribution in [2.45, 2.75) is 37.0 Å². The first-order chi connectivity index (χ1) is 11.8. The van der Waals surface area contributed by atoms with Crippen molar-refractivity contribution in [3.05, 3.63) is 34.6 Å². The molecule has 2 saturated heterocycles. The van der Waals surface area contributed by atoms with E-state index in [2.05, 4.69) is 0 Å². The molecular weight excluding hydrogens is 359 g/mol. The Kier molecular flexibility index (Phi) is 4.97. The van der Waals surface area contributed by atoms with Gasteiger partial charge in [-0.15, -0.1) is 0 Å². The second kappa shape index (κ2) is 6.74. The van der Waals surface area contributed by atoms with E-state index in [1.165, 1.54) is 7.11 Å². The summed E-state index contributed by atoms with van der Waals surface area (Å²) in [5.74, 6) is -10.8. The summed E-state index contributed by atoms with van der Waals surface area (Å²) in [6, 6.07) is 0. The Balaban J connectivity index is 1.91. The summed E-state index contributed by atoms with van der Waals surface area (Å²) in [6.45, 7) is -0.404. The van der Waals surface area contributed by atoms with Gasteiger partial charge in [0.15, 0.2) is 35.8 Å². The number of fused-ring (bicyclic) bond motifs is 1. The minimum atomic E-state index is -2.31. The third-order valence-corrected chi connectivity index (χ3v) is 4.05. The highest BCUT2D eigenvalue weighted by atomic mass is 19.2. The summed E-state index contributed by atoms with van der Waals surface area (Å²) in [7, 11) is 1.21. The zero-order valence-electron chi connectivity index (χ0n) is 12.6. The molecule has 0 amide bonds. The molecule has 1 aromatic rings. The first-order valence-electron chi connectivity index (χ1n) is 7.10. The summed E-state index contributed by atoms with van der Waals surface area (Å²) >= 11 is 0. The van der Waals surface area contributed by atoms with Crippen molar-refractivity contribution in [1.29, 1.82) is 0 Å². The number of hydrogen-bond donors (Lipinski definition) is 2. The number of aliphatic hydroxyl groups is 2. The molecule has 2 N–H and O–H groups in total. The SMILES string of the molecule is CO[C@@H]1O[C@@H]2COC(c3c(F)c(F)c(F)c(F)c3F)O[C@H]2[C@H](O)[C@H]1O. The fourth-order valence-electron chi connectivity index (χ4n) is 2.75. The molecule has 25 heavy (non-hydrogen) atoms. The van der Waals surface area contributed by atoms with Gasteiger partial charge in [-0.2, -0.15) is 0 Å². The number of halogens is 5. The molecule has 0 aliphatic carbocycles. The van der Waals surface area contributed by atoms with E-state index < -0.39 is 78.3 Å². The van der Waals surface area contributed by atoms with Crippen LogP contribution in [-0.2, 0) is 18.9 Å². The van der Waals surface area contributed by atoms with Crippen LogP contribution in [0.15, 0.2) is 0 Å². The topological polar surface area (TPSA) is 77.4 Å². The van der Waals surface area contributed by atoms with E-state index in [0.29, 0.717) is 0 Å². The van der Waals surface area contributed by atoms with Gasteiger partial charge in [-0.1, -0.05) is 0 Å². The lowest BCUT2D eigenvalue weighted by Crippen LogP contribution is -2.62. The lowest BCUT2D eigenvalue weighted by molar-refractivity contribution is -0.358. The van der Waals surface area contributed by atoms with E-state index in [4.69, 9.17) is 18.9 Å². The quantitative estimate of drug-likeness (QED) is 0.456. The molecule has 0 saturated carbocycles. The predicted molar refractivity (Wildman–Crippen MR) is 67.5 cm³/mol. The smallest absolute Gasteiger partial charge is 0.200 e. The van der Waals surface area contributed by atoms with Gasteiger partial charge in [-0.3, -0.25) is 0 Å². The van der Waals surface area contributed by atoms with Gasteiger partial charge in [0.2, 0.25) is 5.82 Å². The van der Waals surface area contributed by atoms with Crippen LogP contribution in [0.25, 0.3) is 0 Å².